The quantitative estimate of drug-likeness (QED) is 0.331. The van der Waals surface area contributed by atoms with Crippen molar-refractivity contribution in [1.82, 2.24) is 9.97 Å². The maximum absolute atomic E-state index is 12.6. The molecule has 0 saturated heterocycles. The van der Waals surface area contributed by atoms with Gasteiger partial charge in [0.15, 0.2) is 24.7 Å². The van der Waals surface area contributed by atoms with E-state index in [9.17, 15) is 16.8 Å². The molecule has 0 radical (unpaired) electrons. The highest BCUT2D eigenvalue weighted by molar-refractivity contribution is 7.91. The number of pyridine rings is 2. The number of sulfone groups is 2. The fourth-order valence-electron chi connectivity index (χ4n) is 4.00. The van der Waals surface area contributed by atoms with Crippen LogP contribution in [0.2, 0.25) is 0 Å². The zero-order valence-electron chi connectivity index (χ0n) is 20.2. The van der Waals surface area contributed by atoms with Crippen LogP contribution in [0, 0.1) is 0 Å². The molecule has 8 heteroatoms. The first kappa shape index (κ1) is 25.0. The molecule has 2 heterocycles. The van der Waals surface area contributed by atoms with Crippen LogP contribution in [0.1, 0.15) is 32.8 Å². The van der Waals surface area contributed by atoms with E-state index in [-0.39, 0.29) is 10.8 Å². The van der Waals surface area contributed by atoms with Gasteiger partial charge < -0.3 is 0 Å². The highest BCUT2D eigenvalue weighted by Gasteiger charge is 2.34. The molecule has 4 aromatic rings. The van der Waals surface area contributed by atoms with Gasteiger partial charge in [-0.2, -0.15) is 0 Å². The van der Waals surface area contributed by atoms with Gasteiger partial charge in [0.05, 0.1) is 16.0 Å². The van der Waals surface area contributed by atoms with Gasteiger partial charge >= 0.3 is 0 Å². The van der Waals surface area contributed by atoms with Crippen molar-refractivity contribution in [3.8, 4) is 22.3 Å². The third-order valence-electron chi connectivity index (χ3n) is 6.34. The number of benzene rings is 2. The predicted octanol–water partition coefficient (Wildman–Crippen LogP) is 5.43. The Bertz CT molecular complexity index is 1610. The Morgan fingerprint density at radius 1 is 0.800 bits per heavy atom. The van der Waals surface area contributed by atoms with Gasteiger partial charge in [0, 0.05) is 29.6 Å². The normalized spacial score (nSPS) is 12.7. The number of fused-ring (bicyclic) bond motifs is 1. The number of rotatable bonds is 7. The largest absolute Gasteiger partial charge is 0.256 e. The van der Waals surface area contributed by atoms with Gasteiger partial charge in [-0.1, -0.05) is 31.2 Å². The van der Waals surface area contributed by atoms with Gasteiger partial charge in [-0.05, 0) is 78.9 Å². The third-order valence-corrected chi connectivity index (χ3v) is 10.2. The van der Waals surface area contributed by atoms with E-state index in [0.29, 0.717) is 17.5 Å². The Morgan fingerprint density at radius 2 is 1.51 bits per heavy atom. The molecule has 2 aromatic carbocycles. The third kappa shape index (κ3) is 4.86. The second-order valence-electron chi connectivity index (χ2n) is 9.17. The van der Waals surface area contributed by atoms with E-state index in [1.165, 1.54) is 6.26 Å². The second kappa shape index (κ2) is 9.17. The minimum Gasteiger partial charge on any atom is -0.256 e. The molecule has 0 aliphatic heterocycles. The van der Waals surface area contributed by atoms with E-state index >= 15 is 0 Å². The highest BCUT2D eigenvalue weighted by atomic mass is 32.2. The van der Waals surface area contributed by atoms with Crippen LogP contribution in [0.4, 0.5) is 0 Å². The Hall–Kier alpha value is -3.10. The SMILES string of the molecule is CCCS(=O)(=O)c1ccc(-c2cccc(-c3cc(C(C)(C)S(C)(=O)=O)c4ncccc4c3)c2)cn1. The molecule has 0 saturated carbocycles. The second-order valence-corrected chi connectivity index (χ2v) is 13.8. The van der Waals surface area contributed by atoms with Crippen molar-refractivity contribution in [1.29, 1.82) is 0 Å². The van der Waals surface area contributed by atoms with Crippen LogP contribution in [-0.4, -0.2) is 38.8 Å². The Morgan fingerprint density at radius 3 is 2.14 bits per heavy atom. The van der Waals surface area contributed by atoms with E-state index in [1.807, 2.05) is 55.5 Å². The minimum absolute atomic E-state index is 0.0673. The summed E-state index contributed by atoms with van der Waals surface area (Å²) in [4.78, 5) is 8.68. The smallest absolute Gasteiger partial charge is 0.195 e. The van der Waals surface area contributed by atoms with E-state index in [2.05, 4.69) is 9.97 Å². The van der Waals surface area contributed by atoms with E-state index in [4.69, 9.17) is 0 Å². The van der Waals surface area contributed by atoms with Gasteiger partial charge in [-0.15, -0.1) is 0 Å². The van der Waals surface area contributed by atoms with Crippen molar-refractivity contribution in [2.75, 3.05) is 12.0 Å². The zero-order valence-corrected chi connectivity index (χ0v) is 21.8. The number of hydrogen-bond acceptors (Lipinski definition) is 6. The molecular formula is C27H28N2O4S2. The van der Waals surface area contributed by atoms with Gasteiger partial charge in [-0.25, -0.2) is 21.8 Å². The lowest BCUT2D eigenvalue weighted by atomic mass is 9.92. The lowest BCUT2D eigenvalue weighted by Gasteiger charge is -2.25. The summed E-state index contributed by atoms with van der Waals surface area (Å²) in [7, 11) is -6.79. The Balaban J connectivity index is 1.82. The van der Waals surface area contributed by atoms with Crippen LogP contribution in [0.15, 0.2) is 78.1 Å². The molecule has 0 spiro atoms. The molecule has 0 fully saturated rings. The summed E-state index contributed by atoms with van der Waals surface area (Å²) >= 11 is 0. The topological polar surface area (TPSA) is 94.1 Å². The van der Waals surface area contributed by atoms with Crippen LogP contribution in [0.3, 0.4) is 0 Å². The van der Waals surface area contributed by atoms with Gasteiger partial charge in [0.2, 0.25) is 0 Å². The van der Waals surface area contributed by atoms with Crippen molar-refractivity contribution in [2.45, 2.75) is 37.0 Å². The average molecular weight is 509 g/mol. The fourth-order valence-corrected chi connectivity index (χ4v) is 5.79. The summed E-state index contributed by atoms with van der Waals surface area (Å²) in [6.07, 6.45) is 5.02. The van der Waals surface area contributed by atoms with Gasteiger partial charge in [0.1, 0.15) is 0 Å². The molecule has 35 heavy (non-hydrogen) atoms. The maximum atomic E-state index is 12.6. The first-order chi connectivity index (χ1) is 16.4. The van der Waals surface area contributed by atoms with Crippen LogP contribution < -0.4 is 0 Å². The van der Waals surface area contributed by atoms with Crippen LogP contribution in [-0.2, 0) is 24.4 Å². The number of nitrogens with zero attached hydrogens (tertiary/aromatic N) is 2. The summed E-state index contributed by atoms with van der Waals surface area (Å²) < 4.78 is 48.8. The Labute approximate surface area is 206 Å². The van der Waals surface area contributed by atoms with Crippen molar-refractivity contribution in [3.63, 3.8) is 0 Å². The van der Waals surface area contributed by atoms with Crippen molar-refractivity contribution < 1.29 is 16.8 Å². The van der Waals surface area contributed by atoms with E-state index in [1.54, 1.807) is 38.4 Å². The molecule has 2 aromatic heterocycles. The van der Waals surface area contributed by atoms with Crippen LogP contribution in [0.5, 0.6) is 0 Å². The molecule has 4 rings (SSSR count). The Kier molecular flexibility index (Phi) is 6.55. The molecular weight excluding hydrogens is 480 g/mol. The predicted molar refractivity (Wildman–Crippen MR) is 141 cm³/mol. The number of aromatic nitrogens is 2. The summed E-state index contributed by atoms with van der Waals surface area (Å²) in [5.41, 5.74) is 4.75. The van der Waals surface area contributed by atoms with Crippen molar-refractivity contribution >= 4 is 30.6 Å². The van der Waals surface area contributed by atoms with E-state index in [0.717, 1.165) is 27.6 Å². The first-order valence-corrected chi connectivity index (χ1v) is 14.9. The summed E-state index contributed by atoms with van der Waals surface area (Å²) in [6, 6.07) is 18.8. The summed E-state index contributed by atoms with van der Waals surface area (Å²) in [5.74, 6) is 0.0673. The molecule has 0 aliphatic rings. The first-order valence-electron chi connectivity index (χ1n) is 11.3. The van der Waals surface area contributed by atoms with Gasteiger partial charge in [0.25, 0.3) is 0 Å². The molecule has 0 aliphatic carbocycles. The number of hydrogen-bond donors (Lipinski definition) is 0. The van der Waals surface area contributed by atoms with Crippen molar-refractivity contribution in [3.05, 3.63) is 78.6 Å². The summed E-state index contributed by atoms with van der Waals surface area (Å²) in [5, 5.41) is 0.934. The standard InChI is InChI=1S/C27H28N2O4S2/c1-5-14-35(32,33)25-12-11-22(18-29-25)19-8-6-9-20(15-19)23-16-21-10-7-13-28-26(21)24(17-23)27(2,3)34(4,30)31/h6-13,15-18H,5,14H2,1-4H3. The zero-order chi connectivity index (χ0) is 25.4. The average Bonchev–Trinajstić information content (AvgIpc) is 2.83. The lowest BCUT2D eigenvalue weighted by molar-refractivity contribution is 0.562. The molecule has 0 atom stereocenters. The summed E-state index contributed by atoms with van der Waals surface area (Å²) in [6.45, 7) is 5.22. The maximum Gasteiger partial charge on any atom is 0.195 e. The van der Waals surface area contributed by atoms with Crippen LogP contribution in [0.25, 0.3) is 33.2 Å². The lowest BCUT2D eigenvalue weighted by Crippen LogP contribution is -2.28. The highest BCUT2D eigenvalue weighted by Crippen LogP contribution is 2.37. The molecule has 0 bridgehead atoms. The van der Waals surface area contributed by atoms with Gasteiger partial charge in [-0.3, -0.25) is 4.98 Å². The van der Waals surface area contributed by atoms with Crippen molar-refractivity contribution in [2.24, 2.45) is 0 Å². The molecule has 0 unspecified atom stereocenters. The molecule has 182 valence electrons. The fraction of sp³-hybridized carbons (Fsp3) is 0.259. The molecule has 0 amide bonds. The van der Waals surface area contributed by atoms with E-state index < -0.39 is 24.4 Å². The van der Waals surface area contributed by atoms with Crippen LogP contribution >= 0.6 is 0 Å². The molecule has 0 N–H and O–H groups in total. The monoisotopic (exact) mass is 508 g/mol. The minimum atomic E-state index is -3.41. The molecule has 6 nitrogen and oxygen atoms in total.